The molecule has 12 heteroatoms. The molecule has 2 aromatic heterocycles. The van der Waals surface area contributed by atoms with Gasteiger partial charge in [-0.15, -0.1) is 0 Å². The summed E-state index contributed by atoms with van der Waals surface area (Å²) >= 11 is -0.949. The second-order valence-corrected chi connectivity index (χ2v) is 14.5. The third-order valence-corrected chi connectivity index (χ3v) is 8.59. The predicted octanol–water partition coefficient (Wildman–Crippen LogP) is 5.09. The number of nitrogens with two attached hydrogens (primary N) is 1. The Hall–Kier alpha value is -3.12. The van der Waals surface area contributed by atoms with E-state index in [4.69, 9.17) is 10.7 Å². The monoisotopic (exact) mass is 563 g/mol. The number of rotatable bonds is 6. The number of hydrogen-bond acceptors (Lipinski definition) is 6. The fourth-order valence-corrected chi connectivity index (χ4v) is 5.66. The fourth-order valence-electron chi connectivity index (χ4n) is 4.37. The first kappa shape index (κ1) is 26.0. The van der Waals surface area contributed by atoms with Crippen LogP contribution in [0.3, 0.4) is 0 Å². The van der Waals surface area contributed by atoms with Crippen LogP contribution in [0.2, 0.25) is 16.6 Å². The summed E-state index contributed by atoms with van der Waals surface area (Å²) in [4.78, 5) is 14.9. The van der Waals surface area contributed by atoms with Gasteiger partial charge in [-0.25, -0.2) is 0 Å². The number of anilines is 2. The van der Waals surface area contributed by atoms with E-state index in [1.165, 1.54) is 12.4 Å². The number of nitriles is 1. The van der Waals surface area contributed by atoms with Crippen molar-refractivity contribution in [3.8, 4) is 17.3 Å². The van der Waals surface area contributed by atoms with E-state index in [9.17, 15) is 22.8 Å². The van der Waals surface area contributed by atoms with Crippen LogP contribution in [0.15, 0.2) is 30.7 Å². The first-order valence-corrected chi connectivity index (χ1v) is 16.5. The van der Waals surface area contributed by atoms with Gasteiger partial charge in [-0.05, 0) is 0 Å². The molecule has 1 aliphatic rings. The second-order valence-electron chi connectivity index (χ2n) is 9.00. The summed E-state index contributed by atoms with van der Waals surface area (Å²) in [6.45, 7) is 1.97. The molecule has 0 radical (unpaired) electrons. The van der Waals surface area contributed by atoms with Crippen LogP contribution in [0.25, 0.3) is 11.3 Å². The Morgan fingerprint density at radius 3 is 2.56 bits per heavy atom. The van der Waals surface area contributed by atoms with Gasteiger partial charge in [-0.3, -0.25) is 0 Å². The second kappa shape index (κ2) is 10.5. The van der Waals surface area contributed by atoms with Gasteiger partial charge in [0.15, 0.2) is 0 Å². The molecule has 1 aliphatic heterocycles. The molecule has 36 heavy (non-hydrogen) atoms. The quantitative estimate of drug-likeness (QED) is 0.332. The van der Waals surface area contributed by atoms with E-state index in [2.05, 4.69) is 27.5 Å². The summed E-state index contributed by atoms with van der Waals surface area (Å²) in [6.07, 6.45) is -0.213. The molecule has 0 atom stereocenters. The van der Waals surface area contributed by atoms with Crippen LogP contribution in [0, 0.1) is 17.1 Å². The van der Waals surface area contributed by atoms with E-state index in [-0.39, 0.29) is 22.9 Å². The molecule has 7 nitrogen and oxygen atoms in total. The van der Waals surface area contributed by atoms with Crippen LogP contribution in [-0.4, -0.2) is 47.3 Å². The first-order valence-electron chi connectivity index (χ1n) is 11.4. The van der Waals surface area contributed by atoms with E-state index < -0.39 is 32.2 Å². The molecule has 3 heterocycles. The van der Waals surface area contributed by atoms with E-state index in [0.717, 1.165) is 42.6 Å². The first-order chi connectivity index (χ1) is 17.1. The topological polar surface area (TPSA) is 96.7 Å². The molecular formula is C24H26AsF4N7. The fraction of sp³-hybridized carbons (Fsp3) is 0.417. The summed E-state index contributed by atoms with van der Waals surface area (Å²) in [5.41, 5.74) is 9.92. The SMILES string of the molecule is C[As](C)CCn1cc(-c2ccc(F)c(C(F)(F)F)c2)nc1C1CCN(c2ncnc(N)c2C#N)CC1. The maximum atomic E-state index is 13.8. The van der Waals surface area contributed by atoms with Crippen LogP contribution < -0.4 is 10.6 Å². The van der Waals surface area contributed by atoms with Crippen LogP contribution in [0.1, 0.15) is 35.7 Å². The van der Waals surface area contributed by atoms with Gasteiger partial charge in [0.2, 0.25) is 0 Å². The normalized spacial score (nSPS) is 14.9. The van der Waals surface area contributed by atoms with Crippen molar-refractivity contribution in [1.82, 2.24) is 19.5 Å². The van der Waals surface area contributed by atoms with Gasteiger partial charge in [-0.2, -0.15) is 0 Å². The van der Waals surface area contributed by atoms with Crippen molar-refractivity contribution in [2.75, 3.05) is 23.7 Å². The zero-order valence-electron chi connectivity index (χ0n) is 19.9. The van der Waals surface area contributed by atoms with Gasteiger partial charge in [0.25, 0.3) is 0 Å². The van der Waals surface area contributed by atoms with Gasteiger partial charge in [0, 0.05) is 0 Å². The summed E-state index contributed by atoms with van der Waals surface area (Å²) in [5, 5.41) is 10.5. The average Bonchev–Trinajstić information content (AvgIpc) is 3.26. The van der Waals surface area contributed by atoms with Crippen molar-refractivity contribution in [2.24, 2.45) is 0 Å². The Labute approximate surface area is 211 Å². The van der Waals surface area contributed by atoms with E-state index in [1.54, 1.807) is 6.20 Å². The maximum absolute atomic E-state index is 13.8. The van der Waals surface area contributed by atoms with Crippen LogP contribution in [-0.2, 0) is 12.7 Å². The van der Waals surface area contributed by atoms with Crippen LogP contribution >= 0.6 is 0 Å². The van der Waals surface area contributed by atoms with Crippen molar-refractivity contribution in [1.29, 1.82) is 5.26 Å². The van der Waals surface area contributed by atoms with E-state index >= 15 is 0 Å². The van der Waals surface area contributed by atoms with Gasteiger partial charge < -0.3 is 0 Å². The number of aryl methyl sites for hydroxylation is 1. The molecule has 0 amide bonds. The number of benzene rings is 1. The van der Waals surface area contributed by atoms with Gasteiger partial charge >= 0.3 is 211 Å². The summed E-state index contributed by atoms with van der Waals surface area (Å²) < 4.78 is 55.7. The van der Waals surface area contributed by atoms with Crippen molar-refractivity contribution in [3.63, 3.8) is 0 Å². The third kappa shape index (κ3) is 5.49. The molecule has 0 saturated carbocycles. The third-order valence-electron chi connectivity index (χ3n) is 6.29. The van der Waals surface area contributed by atoms with Crippen molar-refractivity contribution < 1.29 is 17.6 Å². The number of nitrogen functional groups attached to an aromatic ring is 1. The van der Waals surface area contributed by atoms with Crippen molar-refractivity contribution >= 4 is 26.3 Å². The number of hydrogen-bond donors (Lipinski definition) is 1. The predicted molar refractivity (Wildman–Crippen MR) is 130 cm³/mol. The number of imidazole rings is 1. The zero-order chi connectivity index (χ0) is 26.0. The van der Waals surface area contributed by atoms with Gasteiger partial charge in [0.05, 0.1) is 0 Å². The Bertz CT molecular complexity index is 1270. The molecule has 4 rings (SSSR count). The number of nitrogens with zero attached hydrogens (tertiary/aromatic N) is 6. The minimum absolute atomic E-state index is 0.0805. The van der Waals surface area contributed by atoms with Crippen molar-refractivity contribution in [2.45, 2.75) is 48.1 Å². The van der Waals surface area contributed by atoms with Gasteiger partial charge in [-0.1, -0.05) is 0 Å². The van der Waals surface area contributed by atoms with Gasteiger partial charge in [0.1, 0.15) is 0 Å². The molecule has 0 aliphatic carbocycles. The molecule has 1 fully saturated rings. The Balaban J connectivity index is 1.61. The summed E-state index contributed by atoms with van der Waals surface area (Å²) in [7, 11) is 0. The number of aromatic nitrogens is 4. The Kier molecular flexibility index (Phi) is 7.55. The molecular weight excluding hydrogens is 537 g/mol. The Morgan fingerprint density at radius 1 is 1.19 bits per heavy atom. The summed E-state index contributed by atoms with van der Waals surface area (Å²) in [5.74, 6) is 0.245. The Morgan fingerprint density at radius 2 is 1.92 bits per heavy atom. The molecule has 1 saturated heterocycles. The molecule has 1 aromatic carbocycles. The molecule has 190 valence electrons. The average molecular weight is 563 g/mol. The molecule has 3 aromatic rings. The minimum atomic E-state index is -4.78. The van der Waals surface area contributed by atoms with Crippen LogP contribution in [0.4, 0.5) is 29.2 Å². The summed E-state index contributed by atoms with van der Waals surface area (Å²) in [6, 6.07) is 5.08. The molecule has 0 bridgehead atoms. The standard InChI is InChI=1S/C24H26AsF4N7/c1-25(2)7-10-36-13-20(16-3-4-19(26)18(11-16)24(27,28)29)34-22(36)15-5-8-35(9-6-15)23-17(12-30)21(31)32-14-33-23/h3-4,11,13-15H,5-10H2,1-2H3,(H2,31,32,33). The number of alkyl halides is 3. The van der Waals surface area contributed by atoms with E-state index in [0.29, 0.717) is 24.6 Å². The molecule has 2 N–H and O–H groups in total. The van der Waals surface area contributed by atoms with Crippen LogP contribution in [0.5, 0.6) is 0 Å². The number of halogens is 4. The zero-order valence-corrected chi connectivity index (χ0v) is 21.8. The number of piperidine rings is 1. The molecule has 0 spiro atoms. The van der Waals surface area contributed by atoms with E-state index in [1.807, 2.05) is 9.47 Å². The molecule has 0 unspecified atom stereocenters. The van der Waals surface area contributed by atoms with Crippen molar-refractivity contribution in [3.05, 3.63) is 53.5 Å².